The molecule has 3 aromatic heterocycles. The third kappa shape index (κ3) is 3.04. The molecule has 0 bridgehead atoms. The van der Waals surface area contributed by atoms with E-state index in [2.05, 4.69) is 6.92 Å². The van der Waals surface area contributed by atoms with E-state index in [0.717, 1.165) is 28.8 Å². The number of aromatic nitrogens is 5. The van der Waals surface area contributed by atoms with Crippen LogP contribution >= 0.6 is 0 Å². The number of rotatable bonds is 5. The fourth-order valence-electron chi connectivity index (χ4n) is 4.33. The van der Waals surface area contributed by atoms with Crippen LogP contribution in [0.2, 0.25) is 0 Å². The second-order valence-corrected chi connectivity index (χ2v) is 8.07. The summed E-state index contributed by atoms with van der Waals surface area (Å²) < 4.78 is 9.32. The quantitative estimate of drug-likeness (QED) is 0.409. The van der Waals surface area contributed by atoms with Crippen molar-refractivity contribution in [1.82, 2.24) is 24.1 Å². The zero-order valence-electron chi connectivity index (χ0n) is 18.7. The molecule has 0 saturated heterocycles. The second kappa shape index (κ2) is 7.75. The highest BCUT2D eigenvalue weighted by Gasteiger charge is 2.23. The van der Waals surface area contributed by atoms with E-state index in [1.807, 2.05) is 66.9 Å². The topological polar surface area (TPSA) is 74.8 Å². The average Bonchev–Trinajstić information content (AvgIpc) is 3.10. The number of hydrogen-bond donors (Lipinski definition) is 0. The minimum atomic E-state index is -0.0739. The van der Waals surface area contributed by atoms with E-state index in [1.165, 1.54) is 0 Å². The van der Waals surface area contributed by atoms with Gasteiger partial charge in [0.2, 0.25) is 0 Å². The molecule has 2 aromatic carbocycles. The lowest BCUT2D eigenvalue weighted by Crippen LogP contribution is -2.26. The summed E-state index contributed by atoms with van der Waals surface area (Å²) in [6.45, 7) is 6.46. The number of nitrogens with zero attached hydrogens (tertiary/aromatic N) is 5. The Labute approximate surface area is 185 Å². The molecule has 0 radical (unpaired) electrons. The van der Waals surface area contributed by atoms with Gasteiger partial charge in [0.05, 0.1) is 24.7 Å². The first kappa shape index (κ1) is 20.2. The van der Waals surface area contributed by atoms with Gasteiger partial charge in [0.25, 0.3) is 5.56 Å². The van der Waals surface area contributed by atoms with E-state index >= 15 is 0 Å². The van der Waals surface area contributed by atoms with E-state index < -0.39 is 0 Å². The zero-order valence-corrected chi connectivity index (χ0v) is 18.7. The minimum absolute atomic E-state index is 0.0421. The number of ether oxygens (including phenoxy) is 1. The van der Waals surface area contributed by atoms with Gasteiger partial charge in [-0.2, -0.15) is 0 Å². The Kier molecular flexibility index (Phi) is 4.89. The predicted octanol–water partition coefficient (Wildman–Crippen LogP) is 4.63. The molecule has 0 spiro atoms. The van der Waals surface area contributed by atoms with Crippen LogP contribution in [0.15, 0.2) is 53.3 Å². The van der Waals surface area contributed by atoms with Crippen molar-refractivity contribution in [3.8, 4) is 5.75 Å². The van der Waals surface area contributed by atoms with Crippen molar-refractivity contribution < 1.29 is 4.74 Å². The smallest absolute Gasteiger partial charge is 0.265 e. The lowest BCUT2D eigenvalue weighted by Gasteiger charge is -2.16. The molecule has 0 saturated carbocycles. The number of benzene rings is 2. The Bertz CT molecular complexity index is 1530. The molecule has 32 heavy (non-hydrogen) atoms. The predicted molar refractivity (Wildman–Crippen MR) is 126 cm³/mol. The Morgan fingerprint density at radius 3 is 2.38 bits per heavy atom. The number of aryl methyl sites for hydroxylation is 1. The van der Waals surface area contributed by atoms with Gasteiger partial charge in [0, 0.05) is 11.6 Å². The van der Waals surface area contributed by atoms with E-state index in [9.17, 15) is 4.79 Å². The first-order valence-electron chi connectivity index (χ1n) is 10.8. The molecule has 0 aliphatic heterocycles. The molecule has 5 rings (SSSR count). The zero-order chi connectivity index (χ0) is 22.4. The van der Waals surface area contributed by atoms with Gasteiger partial charge in [-0.25, -0.2) is 15.0 Å². The summed E-state index contributed by atoms with van der Waals surface area (Å²) in [4.78, 5) is 28.4. The van der Waals surface area contributed by atoms with E-state index in [0.29, 0.717) is 34.6 Å². The van der Waals surface area contributed by atoms with Gasteiger partial charge in [-0.05, 0) is 38.5 Å². The van der Waals surface area contributed by atoms with Crippen LogP contribution in [0.1, 0.15) is 37.7 Å². The van der Waals surface area contributed by atoms with Crippen molar-refractivity contribution in [3.05, 3.63) is 70.3 Å². The summed E-state index contributed by atoms with van der Waals surface area (Å²) in [5, 5.41) is 0.513. The third-order valence-electron chi connectivity index (χ3n) is 6.13. The van der Waals surface area contributed by atoms with Gasteiger partial charge in [-0.15, -0.1) is 0 Å². The summed E-state index contributed by atoms with van der Waals surface area (Å²) >= 11 is 0. The number of methoxy groups -OCH3 is 1. The van der Waals surface area contributed by atoms with E-state index in [4.69, 9.17) is 19.7 Å². The summed E-state index contributed by atoms with van der Waals surface area (Å²) in [6, 6.07) is 15.6. The lowest BCUT2D eigenvalue weighted by atomic mass is 10.2. The van der Waals surface area contributed by atoms with Crippen molar-refractivity contribution in [1.29, 1.82) is 0 Å². The van der Waals surface area contributed by atoms with Gasteiger partial charge >= 0.3 is 0 Å². The average molecular weight is 428 g/mol. The highest BCUT2D eigenvalue weighted by Crippen LogP contribution is 2.29. The molecule has 162 valence electrons. The van der Waals surface area contributed by atoms with Gasteiger partial charge in [0.1, 0.15) is 22.5 Å². The number of hydrogen-bond acceptors (Lipinski definition) is 5. The molecule has 0 fully saturated rings. The maximum atomic E-state index is 13.7. The molecule has 0 unspecified atom stereocenters. The van der Waals surface area contributed by atoms with E-state index in [-0.39, 0.29) is 11.6 Å². The first-order chi connectivity index (χ1) is 15.5. The van der Waals surface area contributed by atoms with Crippen LogP contribution in [0.25, 0.3) is 33.2 Å². The summed E-state index contributed by atoms with van der Waals surface area (Å²) in [5.41, 5.74) is 4.28. The normalized spacial score (nSPS) is 12.6. The molecule has 0 aliphatic rings. The Morgan fingerprint density at radius 2 is 1.66 bits per heavy atom. The van der Waals surface area contributed by atoms with Crippen molar-refractivity contribution >= 4 is 33.2 Å². The lowest BCUT2D eigenvalue weighted by molar-refractivity contribution is 0.409. The SMILES string of the molecule is CC[C@@H](C)n1c(C)nc2c(c1=O)c1nc3ccccc3nc1n2Cc1ccccc1OC. The number of para-hydroxylation sites is 3. The molecule has 5 aromatic rings. The fraction of sp³-hybridized carbons (Fsp3) is 0.280. The Morgan fingerprint density at radius 1 is 0.969 bits per heavy atom. The van der Waals surface area contributed by atoms with Gasteiger partial charge in [-0.1, -0.05) is 37.3 Å². The molecular weight excluding hydrogens is 402 g/mol. The van der Waals surface area contributed by atoms with Crippen LogP contribution in [0.5, 0.6) is 5.75 Å². The fourth-order valence-corrected chi connectivity index (χ4v) is 4.33. The molecule has 0 amide bonds. The molecule has 1 atom stereocenters. The molecule has 3 heterocycles. The van der Waals surface area contributed by atoms with Gasteiger partial charge in [0.15, 0.2) is 11.3 Å². The van der Waals surface area contributed by atoms with Crippen molar-refractivity contribution in [3.63, 3.8) is 0 Å². The molecular formula is C25H25N5O2. The van der Waals surface area contributed by atoms with Crippen molar-refractivity contribution in [2.45, 2.75) is 39.8 Å². The largest absolute Gasteiger partial charge is 0.496 e. The molecule has 0 N–H and O–H groups in total. The second-order valence-electron chi connectivity index (χ2n) is 8.07. The maximum absolute atomic E-state index is 13.7. The maximum Gasteiger partial charge on any atom is 0.265 e. The molecule has 7 nitrogen and oxygen atoms in total. The van der Waals surface area contributed by atoms with Crippen molar-refractivity contribution in [2.24, 2.45) is 0 Å². The van der Waals surface area contributed by atoms with Crippen LogP contribution in [0, 0.1) is 6.92 Å². The minimum Gasteiger partial charge on any atom is -0.496 e. The monoisotopic (exact) mass is 427 g/mol. The standard InChI is InChI=1S/C25H25N5O2/c1-5-15(2)30-16(3)26-23-21(25(30)31)22-24(28-19-12-8-7-11-18(19)27-22)29(23)14-17-10-6-9-13-20(17)32-4/h6-13,15H,5,14H2,1-4H3/t15-/m1/s1. The molecule has 7 heteroatoms. The van der Waals surface area contributed by atoms with Crippen LogP contribution < -0.4 is 10.3 Å². The summed E-state index contributed by atoms with van der Waals surface area (Å²) in [6.07, 6.45) is 0.836. The number of fused-ring (bicyclic) bond motifs is 4. The first-order valence-corrected chi connectivity index (χ1v) is 10.8. The Balaban J connectivity index is 1.91. The third-order valence-corrected chi connectivity index (χ3v) is 6.13. The summed E-state index contributed by atoms with van der Waals surface area (Å²) in [7, 11) is 1.66. The van der Waals surface area contributed by atoms with Gasteiger partial charge < -0.3 is 9.30 Å². The van der Waals surface area contributed by atoms with Crippen LogP contribution in [-0.2, 0) is 6.54 Å². The van der Waals surface area contributed by atoms with E-state index in [1.54, 1.807) is 11.7 Å². The highest BCUT2D eigenvalue weighted by molar-refractivity contribution is 6.04. The van der Waals surface area contributed by atoms with Crippen LogP contribution in [0.4, 0.5) is 0 Å². The van der Waals surface area contributed by atoms with Crippen molar-refractivity contribution in [2.75, 3.05) is 7.11 Å². The molecule has 0 aliphatic carbocycles. The highest BCUT2D eigenvalue weighted by atomic mass is 16.5. The summed E-state index contributed by atoms with van der Waals surface area (Å²) in [5.74, 6) is 1.46. The van der Waals surface area contributed by atoms with Crippen LogP contribution in [-0.4, -0.2) is 31.2 Å². The van der Waals surface area contributed by atoms with Crippen LogP contribution in [0.3, 0.4) is 0 Å². The Hall–Kier alpha value is -3.74. The van der Waals surface area contributed by atoms with Gasteiger partial charge in [-0.3, -0.25) is 9.36 Å².